The van der Waals surface area contributed by atoms with E-state index in [2.05, 4.69) is 15.4 Å². The molecule has 0 aliphatic heterocycles. The highest BCUT2D eigenvalue weighted by molar-refractivity contribution is 5.54. The van der Waals surface area contributed by atoms with E-state index in [9.17, 15) is 0 Å². The number of aromatic nitrogens is 3. The van der Waals surface area contributed by atoms with Crippen molar-refractivity contribution in [2.45, 2.75) is 13.5 Å². The first-order chi connectivity index (χ1) is 8.60. The van der Waals surface area contributed by atoms with E-state index >= 15 is 0 Å². The molecule has 0 amide bonds. The van der Waals surface area contributed by atoms with E-state index in [1.807, 2.05) is 26.2 Å². The molecule has 6 nitrogen and oxygen atoms in total. The van der Waals surface area contributed by atoms with Gasteiger partial charge in [0.15, 0.2) is 5.69 Å². The van der Waals surface area contributed by atoms with Gasteiger partial charge in [0.25, 0.3) is 0 Å². The maximum absolute atomic E-state index is 8.84. The predicted molar refractivity (Wildman–Crippen MR) is 68.6 cm³/mol. The van der Waals surface area contributed by atoms with Crippen molar-refractivity contribution in [1.82, 2.24) is 14.8 Å². The number of nitrogen functional groups attached to an aromatic ring is 1. The highest BCUT2D eigenvalue weighted by Crippen LogP contribution is 2.13. The number of pyridine rings is 1. The van der Waals surface area contributed by atoms with E-state index in [1.54, 1.807) is 16.8 Å². The Hall–Kier alpha value is -2.55. The van der Waals surface area contributed by atoms with Gasteiger partial charge in [0.1, 0.15) is 11.9 Å². The summed E-state index contributed by atoms with van der Waals surface area (Å²) in [5.41, 5.74) is 8.30. The van der Waals surface area contributed by atoms with Gasteiger partial charge in [0, 0.05) is 25.4 Å². The van der Waals surface area contributed by atoms with Crippen molar-refractivity contribution in [2.75, 3.05) is 11.1 Å². The third-order valence-electron chi connectivity index (χ3n) is 2.61. The topological polar surface area (TPSA) is 92.5 Å². The first-order valence-electron chi connectivity index (χ1n) is 5.49. The van der Waals surface area contributed by atoms with Crippen LogP contribution < -0.4 is 11.1 Å². The van der Waals surface area contributed by atoms with E-state index in [4.69, 9.17) is 11.0 Å². The van der Waals surface area contributed by atoms with Gasteiger partial charge >= 0.3 is 0 Å². The van der Waals surface area contributed by atoms with Gasteiger partial charge in [-0.05, 0) is 19.1 Å². The molecule has 2 rings (SSSR count). The fourth-order valence-corrected chi connectivity index (χ4v) is 1.67. The second-order valence-electron chi connectivity index (χ2n) is 4.01. The summed E-state index contributed by atoms with van der Waals surface area (Å²) >= 11 is 0. The molecule has 0 aromatic carbocycles. The number of aryl methyl sites for hydroxylation is 2. The van der Waals surface area contributed by atoms with E-state index in [1.165, 1.54) is 0 Å². The van der Waals surface area contributed by atoms with Crippen LogP contribution >= 0.6 is 0 Å². The molecule has 92 valence electrons. The third-order valence-corrected chi connectivity index (χ3v) is 2.61. The molecule has 6 heteroatoms. The van der Waals surface area contributed by atoms with Gasteiger partial charge in [-0.1, -0.05) is 0 Å². The Kier molecular flexibility index (Phi) is 3.15. The third kappa shape index (κ3) is 2.40. The summed E-state index contributed by atoms with van der Waals surface area (Å²) in [5, 5.41) is 16.2. The number of nitrogens with one attached hydrogen (secondary N) is 1. The number of anilines is 2. The zero-order valence-electron chi connectivity index (χ0n) is 10.3. The molecule has 0 aliphatic carbocycles. The molecule has 0 radical (unpaired) electrons. The molecule has 0 spiro atoms. The van der Waals surface area contributed by atoms with Gasteiger partial charge in [0.2, 0.25) is 0 Å². The van der Waals surface area contributed by atoms with Crippen LogP contribution in [0.1, 0.15) is 17.0 Å². The lowest BCUT2D eigenvalue weighted by Crippen LogP contribution is -2.04. The van der Waals surface area contributed by atoms with Gasteiger partial charge in [0.05, 0.1) is 11.4 Å². The summed E-state index contributed by atoms with van der Waals surface area (Å²) in [6.45, 7) is 2.57. The SMILES string of the molecule is Cc1nn(C)cc1CNc1ccc(N)c(C#N)n1. The van der Waals surface area contributed by atoms with Crippen molar-refractivity contribution in [3.63, 3.8) is 0 Å². The van der Waals surface area contributed by atoms with E-state index in [0.717, 1.165) is 11.3 Å². The highest BCUT2D eigenvalue weighted by atomic mass is 15.3. The van der Waals surface area contributed by atoms with Crippen LogP contribution in [0.3, 0.4) is 0 Å². The lowest BCUT2D eigenvalue weighted by atomic mass is 10.2. The summed E-state index contributed by atoms with van der Waals surface area (Å²) in [6, 6.07) is 5.38. The van der Waals surface area contributed by atoms with Crippen LogP contribution in [0, 0.1) is 18.3 Å². The second kappa shape index (κ2) is 4.75. The highest BCUT2D eigenvalue weighted by Gasteiger charge is 2.05. The van der Waals surface area contributed by atoms with Gasteiger partial charge in [-0.15, -0.1) is 0 Å². The molecular formula is C12H14N6. The van der Waals surface area contributed by atoms with Crippen molar-refractivity contribution in [3.05, 3.63) is 35.3 Å². The van der Waals surface area contributed by atoms with Crippen molar-refractivity contribution >= 4 is 11.5 Å². The van der Waals surface area contributed by atoms with E-state index in [-0.39, 0.29) is 5.69 Å². The van der Waals surface area contributed by atoms with Gasteiger partial charge in [-0.25, -0.2) is 4.98 Å². The van der Waals surface area contributed by atoms with Crippen LogP contribution in [0.4, 0.5) is 11.5 Å². The fraction of sp³-hybridized carbons (Fsp3) is 0.250. The standard InChI is InChI=1S/C12H14N6/c1-8-9(7-18(2)17-8)6-15-12-4-3-10(14)11(5-13)16-12/h3-4,7H,6,14H2,1-2H3,(H,15,16). The molecule has 18 heavy (non-hydrogen) atoms. The van der Waals surface area contributed by atoms with Gasteiger partial charge in [-0.2, -0.15) is 10.4 Å². The fourth-order valence-electron chi connectivity index (χ4n) is 1.67. The summed E-state index contributed by atoms with van der Waals surface area (Å²) in [7, 11) is 1.88. The van der Waals surface area contributed by atoms with E-state index in [0.29, 0.717) is 18.1 Å². The lowest BCUT2D eigenvalue weighted by Gasteiger charge is -2.05. The molecule has 0 unspecified atom stereocenters. The normalized spacial score (nSPS) is 10.1. The Balaban J connectivity index is 2.11. The molecule has 2 heterocycles. The zero-order valence-corrected chi connectivity index (χ0v) is 10.3. The molecule has 0 aliphatic rings. The quantitative estimate of drug-likeness (QED) is 0.843. The molecule has 2 aromatic heterocycles. The van der Waals surface area contributed by atoms with Crippen LogP contribution in [0.15, 0.2) is 18.3 Å². The maximum Gasteiger partial charge on any atom is 0.165 e. The predicted octanol–water partition coefficient (Wildman–Crippen LogP) is 1.19. The minimum Gasteiger partial charge on any atom is -0.396 e. The molecule has 0 saturated carbocycles. The second-order valence-corrected chi connectivity index (χ2v) is 4.01. The molecule has 2 aromatic rings. The summed E-state index contributed by atoms with van der Waals surface area (Å²) in [5.74, 6) is 0.629. The largest absolute Gasteiger partial charge is 0.396 e. The first-order valence-corrected chi connectivity index (χ1v) is 5.49. The molecule has 0 bridgehead atoms. The number of nitrogens with two attached hydrogens (primary N) is 1. The zero-order chi connectivity index (χ0) is 13.1. The number of nitriles is 1. The Morgan fingerprint density at radius 3 is 2.89 bits per heavy atom. The monoisotopic (exact) mass is 242 g/mol. The van der Waals surface area contributed by atoms with Crippen molar-refractivity contribution in [1.29, 1.82) is 5.26 Å². The lowest BCUT2D eigenvalue weighted by molar-refractivity contribution is 0.756. The van der Waals surface area contributed by atoms with Crippen molar-refractivity contribution < 1.29 is 0 Å². The average molecular weight is 242 g/mol. The van der Waals surface area contributed by atoms with Crippen molar-refractivity contribution in [3.8, 4) is 6.07 Å². The van der Waals surface area contributed by atoms with Crippen LogP contribution in [-0.2, 0) is 13.6 Å². The first kappa shape index (κ1) is 11.9. The molecular weight excluding hydrogens is 228 g/mol. The average Bonchev–Trinajstić information content (AvgIpc) is 2.67. The minimum absolute atomic E-state index is 0.239. The van der Waals surface area contributed by atoms with Crippen molar-refractivity contribution in [2.24, 2.45) is 7.05 Å². The molecule has 0 atom stereocenters. The Morgan fingerprint density at radius 2 is 2.28 bits per heavy atom. The summed E-state index contributed by atoms with van der Waals surface area (Å²) in [6.07, 6.45) is 1.95. The number of nitrogens with zero attached hydrogens (tertiary/aromatic N) is 4. The van der Waals surface area contributed by atoms with Crippen LogP contribution in [0.2, 0.25) is 0 Å². The Labute approximate surface area is 105 Å². The van der Waals surface area contributed by atoms with Crippen LogP contribution in [0.25, 0.3) is 0 Å². The van der Waals surface area contributed by atoms with Crippen LogP contribution in [-0.4, -0.2) is 14.8 Å². The molecule has 0 saturated heterocycles. The minimum atomic E-state index is 0.239. The molecule has 3 N–H and O–H groups in total. The Morgan fingerprint density at radius 1 is 1.50 bits per heavy atom. The summed E-state index contributed by atoms with van der Waals surface area (Å²) < 4.78 is 1.77. The number of rotatable bonds is 3. The maximum atomic E-state index is 8.84. The molecule has 0 fully saturated rings. The summed E-state index contributed by atoms with van der Waals surface area (Å²) in [4.78, 5) is 4.12. The Bertz CT molecular complexity index is 608. The number of hydrogen-bond acceptors (Lipinski definition) is 5. The smallest absolute Gasteiger partial charge is 0.165 e. The number of hydrogen-bond donors (Lipinski definition) is 2. The van der Waals surface area contributed by atoms with Crippen LogP contribution in [0.5, 0.6) is 0 Å². The van der Waals surface area contributed by atoms with E-state index < -0.39 is 0 Å². The van der Waals surface area contributed by atoms with Gasteiger partial charge < -0.3 is 11.1 Å². The van der Waals surface area contributed by atoms with Gasteiger partial charge in [-0.3, -0.25) is 4.68 Å².